The molecule has 5 aliphatic rings. The van der Waals surface area contributed by atoms with Crippen molar-refractivity contribution in [3.63, 3.8) is 0 Å². The van der Waals surface area contributed by atoms with Crippen LogP contribution < -0.4 is 10.6 Å². The van der Waals surface area contributed by atoms with Crippen LogP contribution in [-0.2, 0) is 5.41 Å². The molecule has 0 aromatic heterocycles. The van der Waals surface area contributed by atoms with E-state index in [-0.39, 0.29) is 11.5 Å². The van der Waals surface area contributed by atoms with Crippen LogP contribution in [0.1, 0.15) is 37.0 Å². The molecule has 0 amide bonds. The maximum absolute atomic E-state index is 3.91. The van der Waals surface area contributed by atoms with E-state index in [1.165, 1.54) is 77.8 Å². The summed E-state index contributed by atoms with van der Waals surface area (Å²) in [5.74, 6) is 0.310. The smallest absolute Gasteiger partial charge is 0.0918 e. The summed E-state index contributed by atoms with van der Waals surface area (Å²) in [6.45, 7) is 5.68. The Balaban J connectivity index is 1.11. The average Bonchev–Trinajstić information content (AvgIpc) is 3.32. The Bertz CT molecular complexity index is 2130. The fourth-order valence-electron chi connectivity index (χ4n) is 8.07. The fraction of sp³-hybridized carbons (Fsp3) is 0.163. The molecule has 0 saturated heterocycles. The van der Waals surface area contributed by atoms with Gasteiger partial charge in [-0.15, -0.1) is 0 Å². The molecule has 2 heterocycles. The number of dihydropyridines is 2. The van der Waals surface area contributed by atoms with Crippen molar-refractivity contribution in [1.82, 2.24) is 10.6 Å². The Labute approximate surface area is 265 Å². The van der Waals surface area contributed by atoms with Crippen molar-refractivity contribution >= 4 is 16.3 Å². The van der Waals surface area contributed by atoms with E-state index in [4.69, 9.17) is 0 Å². The van der Waals surface area contributed by atoms with Crippen molar-refractivity contribution in [3.05, 3.63) is 173 Å². The molecule has 4 aromatic carbocycles. The van der Waals surface area contributed by atoms with Gasteiger partial charge in [-0.1, -0.05) is 129 Å². The number of hydrogen-bond acceptors (Lipinski definition) is 2. The lowest BCUT2D eigenvalue weighted by Crippen LogP contribution is -2.43. The minimum Gasteiger partial charge on any atom is -0.382 e. The molecular weight excluding hydrogens is 544 g/mol. The Morgan fingerprint density at radius 3 is 2.51 bits per heavy atom. The Hall–Kier alpha value is -5.08. The predicted octanol–water partition coefficient (Wildman–Crippen LogP) is 9.54. The van der Waals surface area contributed by atoms with E-state index in [1.54, 1.807) is 0 Å². The SMILES string of the molecule is CC1(C)c2cc(C3=CC(C4=CC=C5C=CC6=C(NCC=C6)C5N4)CC=C3)ccc2-c2c1cc1ccccc1c2-c1ccccc1. The van der Waals surface area contributed by atoms with E-state index in [0.717, 1.165) is 13.0 Å². The molecule has 4 aromatic rings. The summed E-state index contributed by atoms with van der Waals surface area (Å²) >= 11 is 0. The zero-order valence-corrected chi connectivity index (χ0v) is 25.8. The zero-order chi connectivity index (χ0) is 30.1. The molecule has 9 rings (SSSR count). The lowest BCUT2D eigenvalue weighted by Gasteiger charge is -2.35. The van der Waals surface area contributed by atoms with Gasteiger partial charge in [0.15, 0.2) is 0 Å². The number of rotatable bonds is 3. The quantitative estimate of drug-likeness (QED) is 0.252. The third-order valence-corrected chi connectivity index (χ3v) is 10.4. The minimum atomic E-state index is -0.109. The van der Waals surface area contributed by atoms with Crippen LogP contribution in [0.5, 0.6) is 0 Å². The van der Waals surface area contributed by atoms with Gasteiger partial charge in [0.05, 0.1) is 6.04 Å². The van der Waals surface area contributed by atoms with E-state index in [0.29, 0.717) is 5.92 Å². The van der Waals surface area contributed by atoms with Crippen molar-refractivity contribution in [1.29, 1.82) is 0 Å². The number of nitrogens with one attached hydrogen (secondary N) is 2. The van der Waals surface area contributed by atoms with Gasteiger partial charge >= 0.3 is 0 Å². The van der Waals surface area contributed by atoms with Gasteiger partial charge < -0.3 is 10.6 Å². The molecule has 3 aliphatic carbocycles. The van der Waals surface area contributed by atoms with E-state index in [9.17, 15) is 0 Å². The van der Waals surface area contributed by atoms with Gasteiger partial charge in [0, 0.05) is 29.3 Å². The van der Waals surface area contributed by atoms with Crippen LogP contribution in [0.3, 0.4) is 0 Å². The Kier molecular flexibility index (Phi) is 5.83. The standard InChI is InChI=1S/C43H36N2/c1-43(2)36-25-31(19-21-35(36)40-37(43)26-32-12-6-7-16-34(32)39(40)27-10-4-3-5-11-27)30-13-8-14-33(24-30)38-22-20-29-18-17-28-15-9-23-44-41(28)42(29)45-38/h3-13,15-22,24-26,33,42,44-45H,14,23H2,1-2H3. The van der Waals surface area contributed by atoms with E-state index in [1.807, 2.05) is 0 Å². The first-order valence-corrected chi connectivity index (χ1v) is 16.2. The van der Waals surface area contributed by atoms with Crippen molar-refractivity contribution in [2.75, 3.05) is 6.54 Å². The third-order valence-electron chi connectivity index (χ3n) is 10.4. The summed E-state index contributed by atoms with van der Waals surface area (Å²) < 4.78 is 0. The number of benzene rings is 4. The molecule has 2 aliphatic heterocycles. The summed E-state index contributed by atoms with van der Waals surface area (Å²) in [5.41, 5.74) is 15.9. The second-order valence-corrected chi connectivity index (χ2v) is 13.4. The summed E-state index contributed by atoms with van der Waals surface area (Å²) in [6.07, 6.45) is 21.6. The highest BCUT2D eigenvalue weighted by atomic mass is 15.0. The first kappa shape index (κ1) is 26.3. The monoisotopic (exact) mass is 580 g/mol. The van der Waals surface area contributed by atoms with Crippen molar-refractivity contribution in [3.8, 4) is 22.3 Å². The fourth-order valence-corrected chi connectivity index (χ4v) is 8.07. The topological polar surface area (TPSA) is 24.1 Å². The van der Waals surface area contributed by atoms with Gasteiger partial charge in [-0.25, -0.2) is 0 Å². The third kappa shape index (κ3) is 4.09. The highest BCUT2D eigenvalue weighted by Gasteiger charge is 2.38. The van der Waals surface area contributed by atoms with Crippen LogP contribution in [0.4, 0.5) is 0 Å². The second-order valence-electron chi connectivity index (χ2n) is 13.4. The van der Waals surface area contributed by atoms with Gasteiger partial charge in [-0.2, -0.15) is 0 Å². The van der Waals surface area contributed by atoms with Crippen LogP contribution in [-0.4, -0.2) is 12.6 Å². The molecule has 2 unspecified atom stereocenters. The van der Waals surface area contributed by atoms with Crippen LogP contribution in [0, 0.1) is 5.92 Å². The van der Waals surface area contributed by atoms with Crippen LogP contribution in [0.2, 0.25) is 0 Å². The first-order chi connectivity index (χ1) is 22.1. The molecule has 2 heteroatoms. The van der Waals surface area contributed by atoms with E-state index < -0.39 is 0 Å². The summed E-state index contributed by atoms with van der Waals surface area (Å²) in [7, 11) is 0. The second kappa shape index (κ2) is 9.97. The highest BCUT2D eigenvalue weighted by Crippen LogP contribution is 2.54. The first-order valence-electron chi connectivity index (χ1n) is 16.2. The van der Waals surface area contributed by atoms with E-state index >= 15 is 0 Å². The maximum Gasteiger partial charge on any atom is 0.0918 e. The molecule has 2 atom stereocenters. The normalized spacial score (nSPS) is 22.0. The number of hydrogen-bond donors (Lipinski definition) is 2. The molecule has 2 N–H and O–H groups in total. The molecule has 0 saturated carbocycles. The lowest BCUT2D eigenvalue weighted by molar-refractivity contribution is 0.588. The molecule has 0 bridgehead atoms. The van der Waals surface area contributed by atoms with Gasteiger partial charge in [0.25, 0.3) is 0 Å². The number of allylic oxidation sites excluding steroid dienone is 9. The van der Waals surface area contributed by atoms with Crippen molar-refractivity contribution in [2.24, 2.45) is 5.92 Å². The Morgan fingerprint density at radius 2 is 1.60 bits per heavy atom. The minimum absolute atomic E-state index is 0.109. The number of fused-ring (bicyclic) bond motifs is 6. The maximum atomic E-state index is 3.91. The lowest BCUT2D eigenvalue weighted by atomic mass is 9.79. The van der Waals surface area contributed by atoms with Gasteiger partial charge in [0.2, 0.25) is 0 Å². The highest BCUT2D eigenvalue weighted by molar-refractivity contribution is 6.08. The summed E-state index contributed by atoms with van der Waals surface area (Å²) in [6, 6.07) is 29.6. The molecule has 0 spiro atoms. The van der Waals surface area contributed by atoms with Crippen LogP contribution in [0.25, 0.3) is 38.6 Å². The molecule has 2 nitrogen and oxygen atoms in total. The van der Waals surface area contributed by atoms with Gasteiger partial charge in [0.1, 0.15) is 0 Å². The predicted molar refractivity (Wildman–Crippen MR) is 189 cm³/mol. The van der Waals surface area contributed by atoms with Crippen molar-refractivity contribution < 1.29 is 0 Å². The van der Waals surface area contributed by atoms with Gasteiger partial charge in [-0.3, -0.25) is 0 Å². The molecular formula is C43H36N2. The zero-order valence-electron chi connectivity index (χ0n) is 25.8. The van der Waals surface area contributed by atoms with Crippen molar-refractivity contribution in [2.45, 2.75) is 31.7 Å². The molecule has 218 valence electrons. The molecule has 0 radical (unpaired) electrons. The molecule has 0 fully saturated rings. The summed E-state index contributed by atoms with van der Waals surface area (Å²) in [5, 5.41) is 10.2. The van der Waals surface area contributed by atoms with Crippen LogP contribution in [0.15, 0.2) is 156 Å². The van der Waals surface area contributed by atoms with E-state index in [2.05, 4.69) is 158 Å². The Morgan fingerprint density at radius 1 is 0.733 bits per heavy atom. The summed E-state index contributed by atoms with van der Waals surface area (Å²) in [4.78, 5) is 0. The largest absolute Gasteiger partial charge is 0.382 e. The average molecular weight is 581 g/mol. The molecule has 45 heavy (non-hydrogen) atoms. The van der Waals surface area contributed by atoms with Gasteiger partial charge in [-0.05, 0) is 91.1 Å². The van der Waals surface area contributed by atoms with Crippen LogP contribution >= 0.6 is 0 Å².